The average molecular weight is 265 g/mol. The molecule has 1 aromatic heterocycles. The van der Waals surface area contributed by atoms with Crippen molar-refractivity contribution in [2.24, 2.45) is 17.8 Å². The summed E-state index contributed by atoms with van der Waals surface area (Å²) >= 11 is 0. The van der Waals surface area contributed by atoms with E-state index >= 15 is 0 Å². The smallest absolute Gasteiger partial charge is 0.307 e. The summed E-state index contributed by atoms with van der Waals surface area (Å²) in [6, 6.07) is 1.77. The lowest BCUT2D eigenvalue weighted by atomic mass is 9.95. The number of aryl methyl sites for hydroxylation is 1. The number of H-pyrrole nitrogens is 1. The monoisotopic (exact) mass is 265 g/mol. The van der Waals surface area contributed by atoms with Crippen LogP contribution in [-0.4, -0.2) is 27.2 Å². The predicted molar refractivity (Wildman–Crippen MR) is 69.6 cm³/mol. The Balaban J connectivity index is 2.04. The molecule has 3 atom stereocenters. The van der Waals surface area contributed by atoms with Crippen molar-refractivity contribution >= 4 is 17.7 Å². The van der Waals surface area contributed by atoms with Crippen molar-refractivity contribution in [3.63, 3.8) is 0 Å². The number of carboxylic acids is 1. The van der Waals surface area contributed by atoms with Crippen LogP contribution in [0.2, 0.25) is 0 Å². The van der Waals surface area contributed by atoms with E-state index in [4.69, 9.17) is 5.11 Å². The number of anilines is 1. The van der Waals surface area contributed by atoms with Crippen molar-refractivity contribution in [3.05, 3.63) is 11.8 Å². The van der Waals surface area contributed by atoms with E-state index in [0.717, 1.165) is 12.1 Å². The summed E-state index contributed by atoms with van der Waals surface area (Å²) in [6.07, 6.45) is 1.99. The van der Waals surface area contributed by atoms with Crippen LogP contribution < -0.4 is 5.32 Å². The molecule has 0 spiro atoms. The van der Waals surface area contributed by atoms with Gasteiger partial charge >= 0.3 is 5.97 Å². The first kappa shape index (κ1) is 13.6. The number of nitrogens with one attached hydrogen (secondary N) is 2. The Morgan fingerprint density at radius 1 is 1.47 bits per heavy atom. The summed E-state index contributed by atoms with van der Waals surface area (Å²) in [5, 5.41) is 18.7. The molecule has 1 aliphatic carbocycles. The SMILES string of the molecule is CCc1cc(NC(=O)[C@H]2CC(C)C[C@H]2C(=O)O)n[nH]1. The van der Waals surface area contributed by atoms with Crippen LogP contribution >= 0.6 is 0 Å². The van der Waals surface area contributed by atoms with E-state index in [9.17, 15) is 9.59 Å². The fourth-order valence-electron chi connectivity index (χ4n) is 2.68. The van der Waals surface area contributed by atoms with Gasteiger partial charge in [-0.05, 0) is 25.2 Å². The maximum Gasteiger partial charge on any atom is 0.307 e. The van der Waals surface area contributed by atoms with Gasteiger partial charge in [0.05, 0.1) is 11.8 Å². The zero-order chi connectivity index (χ0) is 14.0. The number of aromatic amines is 1. The molecule has 6 heteroatoms. The molecule has 6 nitrogen and oxygen atoms in total. The summed E-state index contributed by atoms with van der Waals surface area (Å²) in [4.78, 5) is 23.3. The van der Waals surface area contributed by atoms with E-state index in [1.165, 1.54) is 0 Å². The van der Waals surface area contributed by atoms with E-state index in [1.807, 2.05) is 13.8 Å². The van der Waals surface area contributed by atoms with Gasteiger partial charge in [0, 0.05) is 11.8 Å². The highest BCUT2D eigenvalue weighted by Gasteiger charge is 2.41. The van der Waals surface area contributed by atoms with E-state index in [2.05, 4.69) is 15.5 Å². The lowest BCUT2D eigenvalue weighted by Gasteiger charge is -2.14. The molecular formula is C13H19N3O3. The number of carbonyl (C=O) groups excluding carboxylic acids is 1. The number of carboxylic acid groups (broad SMARTS) is 1. The predicted octanol–water partition coefficient (Wildman–Crippen LogP) is 1.66. The minimum atomic E-state index is -0.888. The number of aromatic nitrogens is 2. The van der Waals surface area contributed by atoms with Gasteiger partial charge in [-0.15, -0.1) is 0 Å². The molecule has 1 fully saturated rings. The van der Waals surface area contributed by atoms with E-state index < -0.39 is 17.8 Å². The molecule has 1 aromatic rings. The third kappa shape index (κ3) is 2.94. The summed E-state index contributed by atoms with van der Waals surface area (Å²) in [7, 11) is 0. The molecule has 1 aliphatic rings. The third-order valence-corrected chi connectivity index (χ3v) is 3.72. The number of hydrogen-bond acceptors (Lipinski definition) is 3. The average Bonchev–Trinajstić information content (AvgIpc) is 2.95. The number of carbonyl (C=O) groups is 2. The summed E-state index contributed by atoms with van der Waals surface area (Å²) in [5.41, 5.74) is 0.935. The van der Waals surface area contributed by atoms with Gasteiger partial charge in [0.25, 0.3) is 0 Å². The molecule has 1 heterocycles. The van der Waals surface area contributed by atoms with E-state index in [-0.39, 0.29) is 11.8 Å². The summed E-state index contributed by atoms with van der Waals surface area (Å²) in [5.74, 6) is -1.45. The van der Waals surface area contributed by atoms with Crippen LogP contribution in [0.1, 0.15) is 32.4 Å². The van der Waals surface area contributed by atoms with Crippen LogP contribution in [0.15, 0.2) is 6.07 Å². The molecule has 2 rings (SSSR count). The van der Waals surface area contributed by atoms with Crippen molar-refractivity contribution in [2.75, 3.05) is 5.32 Å². The van der Waals surface area contributed by atoms with Crippen LogP contribution in [0.5, 0.6) is 0 Å². The van der Waals surface area contributed by atoms with Crippen LogP contribution in [0, 0.1) is 17.8 Å². The standard InChI is InChI=1S/C13H19N3O3/c1-3-8-6-11(16-15-8)14-12(17)9-4-7(2)5-10(9)13(18)19/h6-7,9-10H,3-5H2,1-2H3,(H,18,19)(H2,14,15,16,17)/t7?,9-,10+/m0/s1. The van der Waals surface area contributed by atoms with Crippen molar-refractivity contribution in [1.82, 2.24) is 10.2 Å². The summed E-state index contributed by atoms with van der Waals surface area (Å²) < 4.78 is 0. The quantitative estimate of drug-likeness (QED) is 0.771. The highest BCUT2D eigenvalue weighted by atomic mass is 16.4. The molecule has 1 amide bonds. The Kier molecular flexibility index (Phi) is 3.87. The Morgan fingerprint density at radius 3 is 2.74 bits per heavy atom. The molecule has 0 radical (unpaired) electrons. The number of aliphatic carboxylic acids is 1. The van der Waals surface area contributed by atoms with Gasteiger partial charge in [0.15, 0.2) is 5.82 Å². The van der Waals surface area contributed by atoms with Crippen molar-refractivity contribution in [2.45, 2.75) is 33.1 Å². The number of nitrogens with zero attached hydrogens (tertiary/aromatic N) is 1. The van der Waals surface area contributed by atoms with Gasteiger partial charge in [-0.25, -0.2) is 0 Å². The van der Waals surface area contributed by atoms with Crippen LogP contribution in [-0.2, 0) is 16.0 Å². The molecule has 0 aromatic carbocycles. The molecule has 0 bridgehead atoms. The minimum Gasteiger partial charge on any atom is -0.481 e. The molecule has 0 aliphatic heterocycles. The highest BCUT2D eigenvalue weighted by Crippen LogP contribution is 2.37. The molecule has 3 N–H and O–H groups in total. The van der Waals surface area contributed by atoms with Crippen LogP contribution in [0.3, 0.4) is 0 Å². The Hall–Kier alpha value is -1.85. The first-order valence-corrected chi connectivity index (χ1v) is 6.59. The van der Waals surface area contributed by atoms with Gasteiger partial charge in [-0.1, -0.05) is 13.8 Å². The molecule has 1 saturated carbocycles. The first-order valence-electron chi connectivity index (χ1n) is 6.59. The van der Waals surface area contributed by atoms with E-state index in [1.54, 1.807) is 6.07 Å². The highest BCUT2D eigenvalue weighted by molar-refractivity contribution is 5.94. The van der Waals surface area contributed by atoms with Crippen LogP contribution in [0.25, 0.3) is 0 Å². The molecule has 0 saturated heterocycles. The Labute approximate surface area is 111 Å². The summed E-state index contributed by atoms with van der Waals surface area (Å²) in [6.45, 7) is 3.96. The topological polar surface area (TPSA) is 95.1 Å². The van der Waals surface area contributed by atoms with Gasteiger partial charge in [0.1, 0.15) is 0 Å². The van der Waals surface area contributed by atoms with Crippen molar-refractivity contribution < 1.29 is 14.7 Å². The number of hydrogen-bond donors (Lipinski definition) is 3. The largest absolute Gasteiger partial charge is 0.481 e. The van der Waals surface area contributed by atoms with Crippen molar-refractivity contribution in [3.8, 4) is 0 Å². The zero-order valence-corrected chi connectivity index (χ0v) is 11.1. The van der Waals surface area contributed by atoms with Gasteiger partial charge < -0.3 is 10.4 Å². The first-order chi connectivity index (χ1) is 9.01. The van der Waals surface area contributed by atoms with E-state index in [0.29, 0.717) is 18.7 Å². The molecular weight excluding hydrogens is 246 g/mol. The maximum absolute atomic E-state index is 12.1. The van der Waals surface area contributed by atoms with Crippen LogP contribution in [0.4, 0.5) is 5.82 Å². The lowest BCUT2D eigenvalue weighted by Crippen LogP contribution is -2.30. The van der Waals surface area contributed by atoms with Gasteiger partial charge in [-0.2, -0.15) is 5.10 Å². The molecule has 1 unspecified atom stereocenters. The zero-order valence-electron chi connectivity index (χ0n) is 11.1. The molecule has 19 heavy (non-hydrogen) atoms. The Morgan fingerprint density at radius 2 is 2.16 bits per heavy atom. The fraction of sp³-hybridized carbons (Fsp3) is 0.615. The molecule has 104 valence electrons. The van der Waals surface area contributed by atoms with Crippen molar-refractivity contribution in [1.29, 1.82) is 0 Å². The second-order valence-electron chi connectivity index (χ2n) is 5.25. The fourth-order valence-corrected chi connectivity index (χ4v) is 2.68. The maximum atomic E-state index is 12.1. The van der Waals surface area contributed by atoms with Gasteiger partial charge in [-0.3, -0.25) is 14.7 Å². The lowest BCUT2D eigenvalue weighted by molar-refractivity contribution is -0.145. The second kappa shape index (κ2) is 5.42. The third-order valence-electron chi connectivity index (χ3n) is 3.72. The normalized spacial score (nSPS) is 26.3. The van der Waals surface area contributed by atoms with Gasteiger partial charge in [0.2, 0.25) is 5.91 Å². The number of amides is 1. The minimum absolute atomic E-state index is 0.245. The number of rotatable bonds is 4. The Bertz CT molecular complexity index is 483. The second-order valence-corrected chi connectivity index (χ2v) is 5.25.